The van der Waals surface area contributed by atoms with Gasteiger partial charge in [-0.05, 0) is 51.0 Å². The van der Waals surface area contributed by atoms with Crippen molar-refractivity contribution < 1.29 is 14.7 Å². The summed E-state index contributed by atoms with van der Waals surface area (Å²) in [4.78, 5) is 27.4. The Morgan fingerprint density at radius 2 is 2.00 bits per heavy atom. The number of likely N-dealkylation sites (N-methyl/N-ethyl adjacent to an activating group) is 1. The van der Waals surface area contributed by atoms with Crippen LogP contribution >= 0.6 is 0 Å². The minimum atomic E-state index is -0.913. The molecule has 5 heteroatoms. The number of carbonyl (C=O) groups excluding carboxylic acids is 2. The quantitative estimate of drug-likeness (QED) is 0.815. The Balaban J connectivity index is 2.00. The van der Waals surface area contributed by atoms with Crippen LogP contribution < -0.4 is 4.90 Å². The number of amides is 2. The van der Waals surface area contributed by atoms with E-state index in [-0.39, 0.29) is 11.8 Å². The minimum absolute atomic E-state index is 0.126. The van der Waals surface area contributed by atoms with Gasteiger partial charge < -0.3 is 14.9 Å². The van der Waals surface area contributed by atoms with Gasteiger partial charge in [0, 0.05) is 37.8 Å². The molecule has 0 unspecified atom stereocenters. The number of hydrogen-bond acceptors (Lipinski definition) is 3. The molecule has 0 aliphatic carbocycles. The molecule has 5 nitrogen and oxygen atoms in total. The second kappa shape index (κ2) is 7.62. The topological polar surface area (TPSA) is 60.9 Å². The maximum atomic E-state index is 12.2. The first-order valence-electron chi connectivity index (χ1n) is 8.40. The van der Waals surface area contributed by atoms with E-state index in [1.807, 2.05) is 31.2 Å². The van der Waals surface area contributed by atoms with Gasteiger partial charge in [-0.3, -0.25) is 9.59 Å². The second-order valence-electron chi connectivity index (χ2n) is 6.74. The highest BCUT2D eigenvalue weighted by molar-refractivity contribution is 5.95. The van der Waals surface area contributed by atoms with Crippen LogP contribution in [0.4, 0.5) is 5.69 Å². The SMILES string of the molecule is CCN(CC(C)(C)O)C(=O)C=Cc1ccc(N2CCCC2=O)cc1. The molecule has 1 aromatic rings. The lowest BCUT2D eigenvalue weighted by molar-refractivity contribution is -0.128. The van der Waals surface area contributed by atoms with Crippen molar-refractivity contribution in [3.8, 4) is 0 Å². The molecule has 0 aromatic heterocycles. The monoisotopic (exact) mass is 330 g/mol. The largest absolute Gasteiger partial charge is 0.389 e. The van der Waals surface area contributed by atoms with Crippen molar-refractivity contribution in [2.75, 3.05) is 24.5 Å². The summed E-state index contributed by atoms with van der Waals surface area (Å²) >= 11 is 0. The summed E-state index contributed by atoms with van der Waals surface area (Å²) in [6, 6.07) is 7.61. The van der Waals surface area contributed by atoms with Gasteiger partial charge in [-0.25, -0.2) is 0 Å². The van der Waals surface area contributed by atoms with Crippen molar-refractivity contribution in [3.05, 3.63) is 35.9 Å². The summed E-state index contributed by atoms with van der Waals surface area (Å²) in [5.41, 5.74) is 0.889. The van der Waals surface area contributed by atoms with E-state index in [0.717, 1.165) is 24.2 Å². The smallest absolute Gasteiger partial charge is 0.246 e. The number of anilines is 1. The summed E-state index contributed by atoms with van der Waals surface area (Å²) in [5.74, 6) is 0.0390. The Labute approximate surface area is 143 Å². The molecule has 1 saturated heterocycles. The first-order valence-corrected chi connectivity index (χ1v) is 8.40. The van der Waals surface area contributed by atoms with Crippen molar-refractivity contribution >= 4 is 23.6 Å². The van der Waals surface area contributed by atoms with E-state index in [9.17, 15) is 14.7 Å². The van der Waals surface area contributed by atoms with E-state index in [1.165, 1.54) is 6.08 Å². The lowest BCUT2D eigenvalue weighted by Gasteiger charge is -2.27. The maximum Gasteiger partial charge on any atom is 0.246 e. The summed E-state index contributed by atoms with van der Waals surface area (Å²) in [6.07, 6.45) is 4.80. The third-order valence-electron chi connectivity index (χ3n) is 3.97. The maximum absolute atomic E-state index is 12.2. The van der Waals surface area contributed by atoms with Crippen LogP contribution in [0.3, 0.4) is 0 Å². The van der Waals surface area contributed by atoms with Gasteiger partial charge in [0.05, 0.1) is 5.60 Å². The Morgan fingerprint density at radius 3 is 2.50 bits per heavy atom. The third kappa shape index (κ3) is 4.93. The van der Waals surface area contributed by atoms with E-state index >= 15 is 0 Å². The van der Waals surface area contributed by atoms with Crippen LogP contribution in [0.15, 0.2) is 30.3 Å². The molecule has 0 radical (unpaired) electrons. The Kier molecular flexibility index (Phi) is 5.78. The molecule has 1 aromatic carbocycles. The van der Waals surface area contributed by atoms with E-state index < -0.39 is 5.60 Å². The molecular weight excluding hydrogens is 304 g/mol. The van der Waals surface area contributed by atoms with E-state index in [1.54, 1.807) is 29.7 Å². The summed E-state index contributed by atoms with van der Waals surface area (Å²) < 4.78 is 0. The molecule has 1 N–H and O–H groups in total. The minimum Gasteiger partial charge on any atom is -0.389 e. The Bertz CT molecular complexity index is 614. The van der Waals surface area contributed by atoms with Gasteiger partial charge in [-0.2, -0.15) is 0 Å². The van der Waals surface area contributed by atoms with Crippen LogP contribution in [0.1, 0.15) is 39.2 Å². The van der Waals surface area contributed by atoms with Crippen LogP contribution in [-0.4, -0.2) is 47.1 Å². The zero-order chi connectivity index (χ0) is 17.7. The molecule has 0 spiro atoms. The summed E-state index contributed by atoms with van der Waals surface area (Å²) in [6.45, 7) is 6.87. The van der Waals surface area contributed by atoms with Gasteiger partial charge in [-0.15, -0.1) is 0 Å². The molecule has 2 rings (SSSR count). The van der Waals surface area contributed by atoms with Gasteiger partial charge in [0.1, 0.15) is 0 Å². The van der Waals surface area contributed by atoms with Crippen LogP contribution in [0.25, 0.3) is 6.08 Å². The Hall–Kier alpha value is -2.14. The molecule has 0 atom stereocenters. The highest BCUT2D eigenvalue weighted by atomic mass is 16.3. The van der Waals surface area contributed by atoms with Gasteiger partial charge >= 0.3 is 0 Å². The number of nitrogens with zero attached hydrogens (tertiary/aromatic N) is 2. The molecule has 1 aliphatic rings. The second-order valence-corrected chi connectivity index (χ2v) is 6.74. The first-order chi connectivity index (χ1) is 11.3. The lowest BCUT2D eigenvalue weighted by Crippen LogP contribution is -2.41. The number of rotatable bonds is 6. The number of carbonyl (C=O) groups is 2. The van der Waals surface area contributed by atoms with E-state index in [2.05, 4.69) is 0 Å². The molecule has 0 saturated carbocycles. The zero-order valence-corrected chi connectivity index (χ0v) is 14.7. The predicted molar refractivity (Wildman–Crippen MR) is 95.6 cm³/mol. The highest BCUT2D eigenvalue weighted by Gasteiger charge is 2.21. The molecule has 130 valence electrons. The fraction of sp³-hybridized carbons (Fsp3) is 0.474. The van der Waals surface area contributed by atoms with Gasteiger partial charge in [-0.1, -0.05) is 12.1 Å². The summed E-state index contributed by atoms with van der Waals surface area (Å²) in [5, 5.41) is 9.86. The molecular formula is C19H26N2O3. The molecule has 1 fully saturated rings. The molecule has 1 aliphatic heterocycles. The van der Waals surface area contributed by atoms with Crippen molar-refractivity contribution in [2.45, 2.75) is 39.2 Å². The molecule has 24 heavy (non-hydrogen) atoms. The fourth-order valence-electron chi connectivity index (χ4n) is 2.77. The average Bonchev–Trinajstić information content (AvgIpc) is 2.96. The normalized spacial score (nSPS) is 15.3. The standard InChI is InChI=1S/C19H26N2O3/c1-4-20(14-19(2,3)24)17(22)12-9-15-7-10-16(11-8-15)21-13-5-6-18(21)23/h7-12,24H,4-6,13-14H2,1-3H3. The van der Waals surface area contributed by atoms with Gasteiger partial charge in [0.15, 0.2) is 0 Å². The van der Waals surface area contributed by atoms with Crippen LogP contribution in [-0.2, 0) is 9.59 Å². The zero-order valence-electron chi connectivity index (χ0n) is 14.7. The van der Waals surface area contributed by atoms with Crippen molar-refractivity contribution in [1.82, 2.24) is 4.90 Å². The van der Waals surface area contributed by atoms with Crippen LogP contribution in [0.2, 0.25) is 0 Å². The number of benzene rings is 1. The van der Waals surface area contributed by atoms with Crippen LogP contribution in [0, 0.1) is 0 Å². The number of hydrogen-bond donors (Lipinski definition) is 1. The number of aliphatic hydroxyl groups is 1. The third-order valence-corrected chi connectivity index (χ3v) is 3.97. The lowest BCUT2D eigenvalue weighted by atomic mass is 10.1. The van der Waals surface area contributed by atoms with Crippen molar-refractivity contribution in [2.24, 2.45) is 0 Å². The molecule has 1 heterocycles. The van der Waals surface area contributed by atoms with Crippen molar-refractivity contribution in [1.29, 1.82) is 0 Å². The Morgan fingerprint density at radius 1 is 1.33 bits per heavy atom. The molecule has 0 bridgehead atoms. The van der Waals surface area contributed by atoms with Gasteiger partial charge in [0.2, 0.25) is 11.8 Å². The predicted octanol–water partition coefficient (Wildman–Crippen LogP) is 2.45. The van der Waals surface area contributed by atoms with E-state index in [0.29, 0.717) is 19.5 Å². The molecule has 2 amide bonds. The summed E-state index contributed by atoms with van der Waals surface area (Å²) in [7, 11) is 0. The van der Waals surface area contributed by atoms with Crippen molar-refractivity contribution in [3.63, 3.8) is 0 Å². The van der Waals surface area contributed by atoms with Gasteiger partial charge in [0.25, 0.3) is 0 Å². The average molecular weight is 330 g/mol. The van der Waals surface area contributed by atoms with E-state index in [4.69, 9.17) is 0 Å². The first kappa shape index (κ1) is 18.2. The van der Waals surface area contributed by atoms with Crippen LogP contribution in [0.5, 0.6) is 0 Å². The highest BCUT2D eigenvalue weighted by Crippen LogP contribution is 2.22. The fourth-order valence-corrected chi connectivity index (χ4v) is 2.77.